The van der Waals surface area contributed by atoms with Crippen LogP contribution in [-0.2, 0) is 11.8 Å². The summed E-state index contributed by atoms with van der Waals surface area (Å²) in [5.74, 6) is -0.00762. The number of hydrogen-bond acceptors (Lipinski definition) is 4. The van der Waals surface area contributed by atoms with Gasteiger partial charge in [0.2, 0.25) is 6.41 Å². The molecule has 0 saturated carbocycles. The first kappa shape index (κ1) is 14.5. The Hall–Kier alpha value is -2.44. The van der Waals surface area contributed by atoms with Gasteiger partial charge in [0.15, 0.2) is 11.6 Å². The molecule has 0 N–H and O–H groups in total. The van der Waals surface area contributed by atoms with Crippen molar-refractivity contribution in [1.29, 1.82) is 0 Å². The minimum Gasteiger partial charge on any atom is -0.351 e. The molecule has 2 aromatic heterocycles. The maximum atomic E-state index is 14.2. The number of halogens is 1. The quantitative estimate of drug-likeness (QED) is 0.800. The molecule has 0 spiro atoms. The van der Waals surface area contributed by atoms with E-state index in [0.717, 1.165) is 17.7 Å². The van der Waals surface area contributed by atoms with Gasteiger partial charge in [0.05, 0.1) is 17.6 Å². The molecule has 0 aliphatic carbocycles. The zero-order chi connectivity index (χ0) is 15.7. The van der Waals surface area contributed by atoms with E-state index < -0.39 is 0 Å². The molecular formula is C15H18FN5O. The van der Waals surface area contributed by atoms with Gasteiger partial charge >= 0.3 is 0 Å². The first-order chi connectivity index (χ1) is 10.6. The number of pyridine rings is 1. The number of anilines is 1. The average Bonchev–Trinajstić information content (AvgIpc) is 2.87. The van der Waals surface area contributed by atoms with Crippen molar-refractivity contribution in [1.82, 2.24) is 19.7 Å². The molecule has 22 heavy (non-hydrogen) atoms. The first-order valence-corrected chi connectivity index (χ1v) is 7.20. The highest BCUT2D eigenvalue weighted by Gasteiger charge is 2.21. The third-order valence-corrected chi connectivity index (χ3v) is 3.95. The fraction of sp³-hybridized carbons (Fsp3) is 0.400. The number of piperazine rings is 1. The van der Waals surface area contributed by atoms with Gasteiger partial charge in [-0.15, -0.1) is 0 Å². The molecule has 0 unspecified atom stereocenters. The second-order valence-corrected chi connectivity index (χ2v) is 5.43. The lowest BCUT2D eigenvalue weighted by Crippen LogP contribution is -2.46. The van der Waals surface area contributed by atoms with Crippen molar-refractivity contribution in [3.8, 4) is 11.4 Å². The van der Waals surface area contributed by atoms with E-state index in [-0.39, 0.29) is 5.82 Å². The lowest BCUT2D eigenvalue weighted by Gasteiger charge is -2.33. The molecule has 1 fully saturated rings. The highest BCUT2D eigenvalue weighted by atomic mass is 19.1. The highest BCUT2D eigenvalue weighted by Crippen LogP contribution is 2.25. The zero-order valence-corrected chi connectivity index (χ0v) is 12.7. The summed E-state index contributed by atoms with van der Waals surface area (Å²) in [4.78, 5) is 18.8. The van der Waals surface area contributed by atoms with Gasteiger partial charge in [-0.1, -0.05) is 0 Å². The van der Waals surface area contributed by atoms with Crippen molar-refractivity contribution in [3.05, 3.63) is 29.7 Å². The van der Waals surface area contributed by atoms with E-state index in [0.29, 0.717) is 37.7 Å². The molecule has 7 heteroatoms. The minimum absolute atomic E-state index is 0.337. The lowest BCUT2D eigenvalue weighted by molar-refractivity contribution is -0.118. The van der Waals surface area contributed by atoms with Crippen LogP contribution in [0.1, 0.15) is 5.56 Å². The average molecular weight is 303 g/mol. The minimum atomic E-state index is -0.344. The zero-order valence-electron chi connectivity index (χ0n) is 12.7. The molecule has 1 saturated heterocycles. The van der Waals surface area contributed by atoms with E-state index in [1.54, 1.807) is 21.8 Å². The Labute approximate surface area is 128 Å². The summed E-state index contributed by atoms with van der Waals surface area (Å²) in [6, 6.07) is 3.11. The van der Waals surface area contributed by atoms with Crippen LogP contribution in [0.4, 0.5) is 10.2 Å². The maximum Gasteiger partial charge on any atom is 0.209 e. The second kappa shape index (κ2) is 5.75. The normalized spacial score (nSPS) is 15.2. The molecule has 0 atom stereocenters. The van der Waals surface area contributed by atoms with Crippen molar-refractivity contribution in [2.75, 3.05) is 31.1 Å². The van der Waals surface area contributed by atoms with E-state index in [9.17, 15) is 9.18 Å². The van der Waals surface area contributed by atoms with E-state index in [2.05, 4.69) is 10.1 Å². The molecule has 0 radical (unpaired) electrons. The molecule has 1 amide bonds. The Morgan fingerprint density at radius 3 is 2.55 bits per heavy atom. The summed E-state index contributed by atoms with van der Waals surface area (Å²) in [6.07, 6.45) is 2.60. The number of hydrogen-bond donors (Lipinski definition) is 0. The Bertz CT molecular complexity index is 672. The Balaban J connectivity index is 1.93. The number of aromatic nitrogens is 3. The number of rotatable bonds is 3. The Morgan fingerprint density at radius 1 is 1.23 bits per heavy atom. The van der Waals surface area contributed by atoms with Crippen LogP contribution in [0.15, 0.2) is 18.3 Å². The standard InChI is InChI=1S/C15H18FN5O/c1-11-9-17-19(2)14(11)13-4-3-12(16)15(18-13)21-7-5-20(10-22)6-8-21/h3-4,9-10H,5-8H2,1-2H3. The van der Waals surface area contributed by atoms with E-state index in [4.69, 9.17) is 0 Å². The van der Waals surface area contributed by atoms with Crippen LogP contribution < -0.4 is 4.90 Å². The fourth-order valence-corrected chi connectivity index (χ4v) is 2.74. The molecule has 0 bridgehead atoms. The largest absolute Gasteiger partial charge is 0.351 e. The summed E-state index contributed by atoms with van der Waals surface area (Å²) in [7, 11) is 1.84. The monoisotopic (exact) mass is 303 g/mol. The predicted molar refractivity (Wildman–Crippen MR) is 81.0 cm³/mol. The van der Waals surface area contributed by atoms with Crippen LogP contribution in [0, 0.1) is 12.7 Å². The third kappa shape index (κ3) is 2.54. The van der Waals surface area contributed by atoms with E-state index in [1.165, 1.54) is 6.07 Å². The number of aryl methyl sites for hydroxylation is 2. The first-order valence-electron chi connectivity index (χ1n) is 7.20. The van der Waals surface area contributed by atoms with E-state index in [1.807, 2.05) is 18.9 Å². The third-order valence-electron chi connectivity index (χ3n) is 3.95. The lowest BCUT2D eigenvalue weighted by atomic mass is 10.2. The molecule has 3 rings (SSSR count). The Morgan fingerprint density at radius 2 is 1.95 bits per heavy atom. The number of nitrogens with zero attached hydrogens (tertiary/aromatic N) is 5. The van der Waals surface area contributed by atoms with Gasteiger partial charge in [-0.05, 0) is 24.6 Å². The van der Waals surface area contributed by atoms with Crippen LogP contribution in [-0.4, -0.2) is 52.3 Å². The molecule has 1 aliphatic heterocycles. The van der Waals surface area contributed by atoms with Crippen molar-refractivity contribution >= 4 is 12.2 Å². The van der Waals surface area contributed by atoms with Gasteiger partial charge in [-0.2, -0.15) is 5.10 Å². The van der Waals surface area contributed by atoms with Gasteiger partial charge in [0.25, 0.3) is 0 Å². The summed E-state index contributed by atoms with van der Waals surface area (Å²) in [5, 5.41) is 4.20. The van der Waals surface area contributed by atoms with Crippen LogP contribution in [0.25, 0.3) is 11.4 Å². The van der Waals surface area contributed by atoms with Gasteiger partial charge < -0.3 is 9.80 Å². The summed E-state index contributed by atoms with van der Waals surface area (Å²) in [6.45, 7) is 4.28. The summed E-state index contributed by atoms with van der Waals surface area (Å²) < 4.78 is 15.9. The second-order valence-electron chi connectivity index (χ2n) is 5.43. The molecule has 116 valence electrons. The topological polar surface area (TPSA) is 54.3 Å². The summed E-state index contributed by atoms with van der Waals surface area (Å²) in [5.41, 5.74) is 2.58. The Kier molecular flexibility index (Phi) is 3.79. The van der Waals surface area contributed by atoms with Gasteiger partial charge in [0, 0.05) is 33.2 Å². The van der Waals surface area contributed by atoms with Crippen LogP contribution in [0.5, 0.6) is 0 Å². The smallest absolute Gasteiger partial charge is 0.209 e. The number of amides is 1. The number of carbonyl (C=O) groups is 1. The van der Waals surface area contributed by atoms with Gasteiger partial charge in [-0.3, -0.25) is 9.48 Å². The van der Waals surface area contributed by atoms with Crippen LogP contribution in [0.3, 0.4) is 0 Å². The molecule has 2 aromatic rings. The molecule has 0 aromatic carbocycles. The fourth-order valence-electron chi connectivity index (χ4n) is 2.74. The SMILES string of the molecule is Cc1cnn(C)c1-c1ccc(F)c(N2CCN(C=O)CC2)n1. The summed E-state index contributed by atoms with van der Waals surface area (Å²) >= 11 is 0. The van der Waals surface area contributed by atoms with Crippen molar-refractivity contribution in [3.63, 3.8) is 0 Å². The van der Waals surface area contributed by atoms with E-state index >= 15 is 0 Å². The molecule has 1 aliphatic rings. The van der Waals surface area contributed by atoms with Crippen molar-refractivity contribution in [2.24, 2.45) is 7.05 Å². The molecule has 6 nitrogen and oxygen atoms in total. The molecule has 3 heterocycles. The highest BCUT2D eigenvalue weighted by molar-refractivity contribution is 5.61. The van der Waals surface area contributed by atoms with Crippen molar-refractivity contribution in [2.45, 2.75) is 6.92 Å². The predicted octanol–water partition coefficient (Wildman–Crippen LogP) is 1.21. The van der Waals surface area contributed by atoms with Crippen LogP contribution >= 0.6 is 0 Å². The molecular weight excluding hydrogens is 285 g/mol. The van der Waals surface area contributed by atoms with Gasteiger partial charge in [-0.25, -0.2) is 9.37 Å². The van der Waals surface area contributed by atoms with Gasteiger partial charge in [0.1, 0.15) is 0 Å². The number of carbonyl (C=O) groups excluding carboxylic acids is 1. The van der Waals surface area contributed by atoms with Crippen LogP contribution in [0.2, 0.25) is 0 Å². The van der Waals surface area contributed by atoms with Crippen molar-refractivity contribution < 1.29 is 9.18 Å². The maximum absolute atomic E-state index is 14.2.